The SMILES string of the molecule is Cc1ccc(S(=O)(=O)OCCCN2c3ccccc3Sc3ccc(S(=O)(=O)N(C)C)cc32)cc1. The molecule has 0 aromatic heterocycles. The molecule has 0 atom stereocenters. The van der Waals surface area contributed by atoms with E-state index in [0.717, 1.165) is 26.7 Å². The first-order valence-corrected chi connectivity index (χ1v) is 14.3. The maximum Gasteiger partial charge on any atom is 0.296 e. The van der Waals surface area contributed by atoms with Crippen LogP contribution < -0.4 is 4.90 Å². The van der Waals surface area contributed by atoms with Crippen molar-refractivity contribution < 1.29 is 21.0 Å². The molecule has 0 fully saturated rings. The summed E-state index contributed by atoms with van der Waals surface area (Å²) in [6, 6.07) is 19.5. The van der Waals surface area contributed by atoms with Crippen molar-refractivity contribution in [2.75, 3.05) is 32.1 Å². The van der Waals surface area contributed by atoms with Gasteiger partial charge in [0.15, 0.2) is 0 Å². The quantitative estimate of drug-likeness (QED) is 0.317. The van der Waals surface area contributed by atoms with E-state index in [0.29, 0.717) is 13.0 Å². The zero-order chi connectivity index (χ0) is 24.5. The number of anilines is 2. The van der Waals surface area contributed by atoms with Gasteiger partial charge in [-0.2, -0.15) is 8.42 Å². The molecule has 1 aliphatic rings. The van der Waals surface area contributed by atoms with E-state index in [1.165, 1.54) is 30.5 Å². The molecule has 0 saturated carbocycles. The number of benzene rings is 3. The minimum atomic E-state index is -3.84. The molecule has 0 unspecified atom stereocenters. The molecule has 0 N–H and O–H groups in total. The van der Waals surface area contributed by atoms with Gasteiger partial charge in [-0.3, -0.25) is 4.18 Å². The first kappa shape index (κ1) is 24.7. The predicted molar refractivity (Wildman–Crippen MR) is 134 cm³/mol. The molecule has 0 bridgehead atoms. The van der Waals surface area contributed by atoms with Gasteiger partial charge in [0.1, 0.15) is 0 Å². The number of hydrogen-bond acceptors (Lipinski definition) is 7. The maximum atomic E-state index is 12.7. The van der Waals surface area contributed by atoms with Gasteiger partial charge in [-0.15, -0.1) is 0 Å². The third kappa shape index (κ3) is 5.01. The van der Waals surface area contributed by atoms with Gasteiger partial charge in [0.25, 0.3) is 10.1 Å². The van der Waals surface area contributed by atoms with Crippen LogP contribution in [0.3, 0.4) is 0 Å². The van der Waals surface area contributed by atoms with Crippen LogP contribution >= 0.6 is 11.8 Å². The molecule has 3 aromatic rings. The van der Waals surface area contributed by atoms with Crippen molar-refractivity contribution in [3.05, 3.63) is 72.3 Å². The Kier molecular flexibility index (Phi) is 7.07. The summed E-state index contributed by atoms with van der Waals surface area (Å²) >= 11 is 1.58. The Balaban J connectivity index is 1.56. The molecular formula is C24H26N2O5S3. The molecule has 0 saturated heterocycles. The average Bonchev–Trinajstić information content (AvgIpc) is 2.81. The highest BCUT2D eigenvalue weighted by molar-refractivity contribution is 7.99. The van der Waals surface area contributed by atoms with Crippen molar-refractivity contribution in [2.45, 2.75) is 32.9 Å². The Morgan fingerprint density at radius 1 is 0.853 bits per heavy atom. The minimum absolute atomic E-state index is 0.00698. The van der Waals surface area contributed by atoms with E-state index < -0.39 is 20.1 Å². The first-order valence-electron chi connectivity index (χ1n) is 10.7. The summed E-state index contributed by atoms with van der Waals surface area (Å²) < 4.78 is 56.9. The van der Waals surface area contributed by atoms with Crippen LogP contribution in [0.4, 0.5) is 11.4 Å². The molecule has 0 spiro atoms. The highest BCUT2D eigenvalue weighted by atomic mass is 32.2. The Morgan fingerprint density at radius 3 is 2.21 bits per heavy atom. The second kappa shape index (κ2) is 9.71. The summed E-state index contributed by atoms with van der Waals surface area (Å²) in [7, 11) is -4.44. The van der Waals surface area contributed by atoms with Crippen LogP contribution in [0.25, 0.3) is 0 Å². The number of hydrogen-bond donors (Lipinski definition) is 0. The van der Waals surface area contributed by atoms with E-state index in [2.05, 4.69) is 0 Å². The summed E-state index contributed by atoms with van der Waals surface area (Å²) in [5, 5.41) is 0. The second-order valence-electron chi connectivity index (χ2n) is 8.08. The summed E-state index contributed by atoms with van der Waals surface area (Å²) in [4.78, 5) is 4.34. The monoisotopic (exact) mass is 518 g/mol. The lowest BCUT2D eigenvalue weighted by Gasteiger charge is -2.33. The average molecular weight is 519 g/mol. The van der Waals surface area contributed by atoms with E-state index in [1.807, 2.05) is 42.2 Å². The molecule has 0 aliphatic carbocycles. The lowest BCUT2D eigenvalue weighted by molar-refractivity contribution is 0.314. The summed E-state index contributed by atoms with van der Waals surface area (Å²) in [6.07, 6.45) is 0.425. The van der Waals surface area contributed by atoms with Gasteiger partial charge >= 0.3 is 0 Å². The standard InChI is InChI=1S/C24H26N2O5S3/c1-18-9-11-19(12-10-18)34(29,30)31-16-6-15-26-21-7-4-5-8-23(21)32-24-14-13-20(17-22(24)26)33(27,28)25(2)3/h4-5,7-14,17H,6,15-16H2,1-3H3. The molecule has 4 rings (SSSR count). The van der Waals surface area contributed by atoms with E-state index in [1.54, 1.807) is 36.0 Å². The molecule has 180 valence electrons. The van der Waals surface area contributed by atoms with Crippen LogP contribution in [0, 0.1) is 6.92 Å². The predicted octanol–water partition coefficient (Wildman–Crippen LogP) is 4.64. The fraction of sp³-hybridized carbons (Fsp3) is 0.250. The third-order valence-corrected chi connectivity index (χ3v) is 9.72. The normalized spacial score (nSPS) is 13.6. The van der Waals surface area contributed by atoms with Crippen LogP contribution in [-0.2, 0) is 24.3 Å². The first-order chi connectivity index (χ1) is 16.1. The Morgan fingerprint density at radius 2 is 1.50 bits per heavy atom. The molecular weight excluding hydrogens is 492 g/mol. The number of fused-ring (bicyclic) bond motifs is 2. The molecule has 3 aromatic carbocycles. The highest BCUT2D eigenvalue weighted by Gasteiger charge is 2.26. The van der Waals surface area contributed by atoms with Gasteiger partial charge in [0.2, 0.25) is 10.0 Å². The van der Waals surface area contributed by atoms with Gasteiger partial charge in [0, 0.05) is 30.4 Å². The summed E-state index contributed by atoms with van der Waals surface area (Å²) in [5.74, 6) is 0. The van der Waals surface area contributed by atoms with Crippen LogP contribution in [0.15, 0.2) is 86.3 Å². The molecule has 1 aliphatic heterocycles. The van der Waals surface area contributed by atoms with Crippen LogP contribution in [0.5, 0.6) is 0 Å². The number of para-hydroxylation sites is 1. The number of aryl methyl sites for hydroxylation is 1. The van der Waals surface area contributed by atoms with Crippen molar-refractivity contribution in [3.63, 3.8) is 0 Å². The fourth-order valence-electron chi connectivity index (χ4n) is 3.59. The minimum Gasteiger partial charge on any atom is -0.340 e. The number of rotatable bonds is 8. The molecule has 10 heteroatoms. The molecule has 0 radical (unpaired) electrons. The van der Waals surface area contributed by atoms with Crippen molar-refractivity contribution >= 4 is 43.3 Å². The Hall–Kier alpha value is -2.37. The molecule has 7 nitrogen and oxygen atoms in total. The van der Waals surface area contributed by atoms with Gasteiger partial charge in [-0.05, 0) is 55.8 Å². The molecule has 1 heterocycles. The number of nitrogens with zero attached hydrogens (tertiary/aromatic N) is 2. The van der Waals surface area contributed by atoms with E-state index in [-0.39, 0.29) is 16.4 Å². The topological polar surface area (TPSA) is 84.0 Å². The van der Waals surface area contributed by atoms with Crippen molar-refractivity contribution in [1.82, 2.24) is 4.31 Å². The van der Waals surface area contributed by atoms with Gasteiger partial charge in [0.05, 0.1) is 27.8 Å². The Labute approximate surface area is 205 Å². The summed E-state index contributed by atoms with van der Waals surface area (Å²) in [6.45, 7) is 2.35. The zero-order valence-electron chi connectivity index (χ0n) is 19.1. The van der Waals surface area contributed by atoms with E-state index in [9.17, 15) is 16.8 Å². The van der Waals surface area contributed by atoms with Crippen molar-refractivity contribution in [1.29, 1.82) is 0 Å². The third-order valence-electron chi connectivity index (χ3n) is 5.45. The van der Waals surface area contributed by atoms with Crippen LogP contribution in [0.2, 0.25) is 0 Å². The van der Waals surface area contributed by atoms with Gasteiger partial charge < -0.3 is 4.90 Å². The maximum absolute atomic E-state index is 12.7. The molecule has 0 amide bonds. The highest BCUT2D eigenvalue weighted by Crippen LogP contribution is 2.48. The second-order valence-corrected chi connectivity index (χ2v) is 12.9. The van der Waals surface area contributed by atoms with E-state index >= 15 is 0 Å². The van der Waals surface area contributed by atoms with Gasteiger partial charge in [-0.1, -0.05) is 41.6 Å². The lowest BCUT2D eigenvalue weighted by atomic mass is 10.2. The fourth-order valence-corrected chi connectivity index (χ4v) is 6.53. The van der Waals surface area contributed by atoms with Crippen molar-refractivity contribution in [2.24, 2.45) is 0 Å². The molecule has 34 heavy (non-hydrogen) atoms. The lowest BCUT2D eigenvalue weighted by Crippen LogP contribution is -2.25. The van der Waals surface area contributed by atoms with E-state index in [4.69, 9.17) is 4.18 Å². The van der Waals surface area contributed by atoms with Crippen LogP contribution in [-0.4, -0.2) is 48.4 Å². The summed E-state index contributed by atoms with van der Waals surface area (Å²) in [5.41, 5.74) is 2.68. The Bertz CT molecular complexity index is 1400. The van der Waals surface area contributed by atoms with Gasteiger partial charge in [-0.25, -0.2) is 12.7 Å². The smallest absolute Gasteiger partial charge is 0.296 e. The van der Waals surface area contributed by atoms with Crippen molar-refractivity contribution in [3.8, 4) is 0 Å². The largest absolute Gasteiger partial charge is 0.340 e. The number of sulfonamides is 1. The van der Waals surface area contributed by atoms with Crippen LogP contribution in [0.1, 0.15) is 12.0 Å². The zero-order valence-corrected chi connectivity index (χ0v) is 21.6.